The smallest absolute Gasteiger partial charge is 0.390 e. The van der Waals surface area contributed by atoms with E-state index in [1.807, 2.05) is 12.1 Å². The Morgan fingerprint density at radius 3 is 2.32 bits per heavy atom. The van der Waals surface area contributed by atoms with Gasteiger partial charge in [0.15, 0.2) is 0 Å². The highest BCUT2D eigenvalue weighted by atomic mass is 35.5. The van der Waals surface area contributed by atoms with Gasteiger partial charge in [0.25, 0.3) is 0 Å². The molecule has 0 saturated carbocycles. The summed E-state index contributed by atoms with van der Waals surface area (Å²) >= 11 is 6.72. The van der Waals surface area contributed by atoms with Crippen LogP contribution < -0.4 is 4.90 Å². The van der Waals surface area contributed by atoms with E-state index in [2.05, 4.69) is 20.8 Å². The topological polar surface area (TPSA) is 94.4 Å². The van der Waals surface area contributed by atoms with E-state index in [1.165, 1.54) is 22.0 Å². The molecule has 2 aromatic carbocycles. The second kappa shape index (κ2) is 14.0. The van der Waals surface area contributed by atoms with Gasteiger partial charge in [-0.15, -0.1) is 0 Å². The third-order valence-electron chi connectivity index (χ3n) is 9.16. The Balaban J connectivity index is 1.13. The molecule has 3 aliphatic rings. The average molecular weight is 697 g/mol. The van der Waals surface area contributed by atoms with Crippen molar-refractivity contribution in [1.82, 2.24) is 23.9 Å². The van der Waals surface area contributed by atoms with E-state index >= 15 is 0 Å². The van der Waals surface area contributed by atoms with Crippen molar-refractivity contribution in [2.45, 2.75) is 38.3 Å². The van der Waals surface area contributed by atoms with Crippen molar-refractivity contribution in [3.63, 3.8) is 0 Å². The lowest BCUT2D eigenvalue weighted by atomic mass is 10.0. The highest BCUT2D eigenvalue weighted by molar-refractivity contribution is 7.88. The van der Waals surface area contributed by atoms with Crippen LogP contribution in [0.5, 0.6) is 0 Å². The molecule has 1 aromatic heterocycles. The van der Waals surface area contributed by atoms with Gasteiger partial charge in [-0.2, -0.15) is 22.6 Å². The second-order valence-electron chi connectivity index (χ2n) is 12.5. The van der Waals surface area contributed by atoms with E-state index in [0.717, 1.165) is 93.8 Å². The molecule has 3 aliphatic heterocycles. The summed E-state index contributed by atoms with van der Waals surface area (Å²) in [4.78, 5) is 6.90. The number of anilines is 1. The SMILES string of the molecule is CS(=O)(=O)N1CCc2c(c(-c3ccc(C(F)(F)F)cc3)nn2CC(O)CN2CCN(c3c(Cl)cccc3CN3CCOCC3)CC2)C1. The standard InChI is InChI=1S/C32H40ClF3N6O4S/c1-47(44,45)41-10-9-29-27(22-41)30(23-5-7-25(8-6-23)32(34,35)36)37-42(29)21-26(43)20-38-11-13-40(14-12-38)31-24(3-2-4-28(31)33)19-39-15-17-46-18-16-39/h2-8,26,43H,9-22H2,1H3. The summed E-state index contributed by atoms with van der Waals surface area (Å²) in [7, 11) is -3.49. The number of nitrogens with zero attached hydrogens (tertiary/aromatic N) is 6. The number of β-amino-alcohol motifs (C(OH)–C–C–N with tert-alkyl or cyclic N) is 1. The lowest BCUT2D eigenvalue weighted by Crippen LogP contribution is -2.49. The summed E-state index contributed by atoms with van der Waals surface area (Å²) < 4.78 is 72.9. The van der Waals surface area contributed by atoms with Crippen LogP contribution in [0.3, 0.4) is 0 Å². The van der Waals surface area contributed by atoms with Gasteiger partial charge in [-0.3, -0.25) is 14.5 Å². The van der Waals surface area contributed by atoms with Crippen molar-refractivity contribution in [2.75, 3.05) is 76.7 Å². The fraction of sp³-hybridized carbons (Fsp3) is 0.531. The molecule has 15 heteroatoms. The lowest BCUT2D eigenvalue weighted by Gasteiger charge is -2.38. The number of morpholine rings is 1. The van der Waals surface area contributed by atoms with E-state index in [-0.39, 0.29) is 19.6 Å². The van der Waals surface area contributed by atoms with Gasteiger partial charge in [0.1, 0.15) is 0 Å². The van der Waals surface area contributed by atoms with E-state index in [1.54, 1.807) is 4.68 Å². The molecule has 0 spiro atoms. The number of piperazine rings is 1. The predicted molar refractivity (Wildman–Crippen MR) is 174 cm³/mol. The average Bonchev–Trinajstić information content (AvgIpc) is 3.39. The van der Waals surface area contributed by atoms with Crippen molar-refractivity contribution in [2.24, 2.45) is 0 Å². The maximum atomic E-state index is 13.2. The first-order chi connectivity index (χ1) is 22.4. The highest BCUT2D eigenvalue weighted by Crippen LogP contribution is 2.35. The van der Waals surface area contributed by atoms with Crippen molar-refractivity contribution in [3.05, 3.63) is 69.9 Å². The molecule has 6 rings (SSSR count). The number of rotatable bonds is 9. The van der Waals surface area contributed by atoms with Gasteiger partial charge in [0, 0.05) is 88.7 Å². The summed E-state index contributed by atoms with van der Waals surface area (Å²) in [5, 5.41) is 16.7. The van der Waals surface area contributed by atoms with E-state index in [0.29, 0.717) is 29.8 Å². The van der Waals surface area contributed by atoms with Crippen LogP contribution in [0.1, 0.15) is 22.4 Å². The molecule has 3 aromatic rings. The minimum absolute atomic E-state index is 0.0676. The van der Waals surface area contributed by atoms with Gasteiger partial charge in [0.2, 0.25) is 10.0 Å². The second-order valence-corrected chi connectivity index (χ2v) is 14.8. The van der Waals surface area contributed by atoms with Crippen LogP contribution in [0.25, 0.3) is 11.3 Å². The van der Waals surface area contributed by atoms with E-state index in [9.17, 15) is 26.7 Å². The Labute approximate surface area is 278 Å². The molecule has 4 heterocycles. The predicted octanol–water partition coefficient (Wildman–Crippen LogP) is 3.56. The van der Waals surface area contributed by atoms with Crippen LogP contribution in [0.4, 0.5) is 18.9 Å². The first-order valence-corrected chi connectivity index (χ1v) is 18.0. The maximum absolute atomic E-state index is 13.2. The number of para-hydroxylation sites is 1. The summed E-state index contributed by atoms with van der Waals surface area (Å²) in [5.41, 5.74) is 3.80. The zero-order valence-electron chi connectivity index (χ0n) is 26.3. The van der Waals surface area contributed by atoms with Gasteiger partial charge in [-0.25, -0.2) is 8.42 Å². The molecule has 256 valence electrons. The summed E-state index contributed by atoms with van der Waals surface area (Å²) in [6.45, 7) is 7.93. The molecular formula is C32H40ClF3N6O4S. The first-order valence-electron chi connectivity index (χ1n) is 15.8. The first kappa shape index (κ1) is 34.2. The summed E-state index contributed by atoms with van der Waals surface area (Å²) in [6, 6.07) is 10.8. The number of ether oxygens (including phenoxy) is 1. The van der Waals surface area contributed by atoms with Gasteiger partial charge in [-0.1, -0.05) is 35.9 Å². The number of aliphatic hydroxyl groups is 1. The van der Waals surface area contributed by atoms with Gasteiger partial charge in [0.05, 0.1) is 54.1 Å². The number of alkyl halides is 3. The number of sulfonamides is 1. The molecule has 0 bridgehead atoms. The number of benzene rings is 2. The van der Waals surface area contributed by atoms with E-state index in [4.69, 9.17) is 21.4 Å². The fourth-order valence-corrected chi connectivity index (χ4v) is 7.80. The molecule has 10 nitrogen and oxygen atoms in total. The number of fused-ring (bicyclic) bond motifs is 1. The maximum Gasteiger partial charge on any atom is 0.416 e. The largest absolute Gasteiger partial charge is 0.416 e. The van der Waals surface area contributed by atoms with Crippen LogP contribution in [-0.2, 0) is 47.0 Å². The van der Waals surface area contributed by atoms with Gasteiger partial charge in [-0.05, 0) is 23.8 Å². The minimum atomic E-state index is -4.47. The zero-order chi connectivity index (χ0) is 33.3. The number of aromatic nitrogens is 2. The molecule has 0 radical (unpaired) electrons. The normalized spacial score (nSPS) is 19.6. The van der Waals surface area contributed by atoms with Crippen molar-refractivity contribution in [3.8, 4) is 11.3 Å². The van der Waals surface area contributed by atoms with Crippen molar-refractivity contribution >= 4 is 27.3 Å². The summed E-state index contributed by atoms with van der Waals surface area (Å²) in [5.74, 6) is 0. The quantitative estimate of drug-likeness (QED) is 0.363. The molecule has 1 atom stereocenters. The monoisotopic (exact) mass is 696 g/mol. The Hall–Kier alpha value is -2.72. The molecular weight excluding hydrogens is 657 g/mol. The molecule has 0 aliphatic carbocycles. The van der Waals surface area contributed by atoms with Gasteiger partial charge >= 0.3 is 6.18 Å². The zero-order valence-corrected chi connectivity index (χ0v) is 27.9. The van der Waals surface area contributed by atoms with Crippen LogP contribution in [0.2, 0.25) is 5.02 Å². The lowest BCUT2D eigenvalue weighted by molar-refractivity contribution is -0.137. The van der Waals surface area contributed by atoms with Crippen LogP contribution in [0, 0.1) is 0 Å². The molecule has 47 heavy (non-hydrogen) atoms. The Bertz CT molecular complexity index is 1660. The number of hydrogen-bond donors (Lipinski definition) is 1. The van der Waals surface area contributed by atoms with Gasteiger partial charge < -0.3 is 14.7 Å². The molecule has 1 N–H and O–H groups in total. The van der Waals surface area contributed by atoms with Crippen molar-refractivity contribution in [1.29, 1.82) is 0 Å². The van der Waals surface area contributed by atoms with E-state index < -0.39 is 27.9 Å². The summed E-state index contributed by atoms with van der Waals surface area (Å²) in [6.07, 6.45) is -3.72. The Kier molecular flexibility index (Phi) is 10.2. The number of aliphatic hydroxyl groups excluding tert-OH is 1. The molecule has 1 unspecified atom stereocenters. The Morgan fingerprint density at radius 1 is 0.957 bits per heavy atom. The molecule has 0 amide bonds. The number of halogens is 4. The van der Waals surface area contributed by atoms with Crippen LogP contribution in [0.15, 0.2) is 42.5 Å². The molecule has 2 saturated heterocycles. The van der Waals surface area contributed by atoms with Crippen molar-refractivity contribution < 1.29 is 31.4 Å². The highest BCUT2D eigenvalue weighted by Gasteiger charge is 2.33. The molecule has 2 fully saturated rings. The Morgan fingerprint density at radius 2 is 1.66 bits per heavy atom. The van der Waals surface area contributed by atoms with Crippen LogP contribution >= 0.6 is 11.6 Å². The fourth-order valence-electron chi connectivity index (χ4n) is 6.70. The van der Waals surface area contributed by atoms with Crippen LogP contribution in [-0.4, -0.2) is 115 Å². The number of hydrogen-bond acceptors (Lipinski definition) is 8. The third kappa shape index (κ3) is 7.96. The third-order valence-corrected chi connectivity index (χ3v) is 10.7. The minimum Gasteiger partial charge on any atom is -0.390 e.